The van der Waals surface area contributed by atoms with Crippen LogP contribution in [0.15, 0.2) is 12.1 Å². The Morgan fingerprint density at radius 3 is 2.52 bits per heavy atom. The minimum Gasteiger partial charge on any atom is -0.477 e. The molecule has 0 amide bonds. The van der Waals surface area contributed by atoms with E-state index in [1.165, 1.54) is 0 Å². The molecule has 1 fully saturated rings. The first-order chi connectivity index (χ1) is 9.69. The highest BCUT2D eigenvalue weighted by Gasteiger charge is 2.41. The highest BCUT2D eigenvalue weighted by atomic mass is 19.4. The van der Waals surface area contributed by atoms with Crippen molar-refractivity contribution in [3.8, 4) is 0 Å². The van der Waals surface area contributed by atoms with Crippen molar-refractivity contribution in [2.75, 3.05) is 11.4 Å². The third kappa shape index (κ3) is 3.58. The molecule has 2 rings (SSSR count). The number of hydrogen-bond acceptors (Lipinski definition) is 5. The van der Waals surface area contributed by atoms with Crippen LogP contribution >= 0.6 is 0 Å². The molecule has 1 N–H and O–H groups in total. The van der Waals surface area contributed by atoms with Crippen molar-refractivity contribution in [3.05, 3.63) is 27.9 Å². The van der Waals surface area contributed by atoms with Crippen molar-refractivity contribution in [2.24, 2.45) is 0 Å². The number of hydrogen-bond donors (Lipinski definition) is 1. The van der Waals surface area contributed by atoms with Crippen molar-refractivity contribution in [1.82, 2.24) is 4.98 Å². The van der Waals surface area contributed by atoms with Crippen molar-refractivity contribution >= 4 is 17.5 Å². The fourth-order valence-corrected chi connectivity index (χ4v) is 1.87. The zero-order valence-electron chi connectivity index (χ0n) is 10.5. The molecule has 0 aliphatic heterocycles. The van der Waals surface area contributed by atoms with E-state index in [1.807, 2.05) is 0 Å². The summed E-state index contributed by atoms with van der Waals surface area (Å²) < 4.78 is 37.8. The van der Waals surface area contributed by atoms with Gasteiger partial charge < -0.3 is 10.0 Å². The van der Waals surface area contributed by atoms with Crippen molar-refractivity contribution in [1.29, 1.82) is 0 Å². The van der Waals surface area contributed by atoms with Crippen LogP contribution in [0.25, 0.3) is 0 Å². The lowest BCUT2D eigenvalue weighted by atomic mass is 10.3. The molecule has 1 heterocycles. The lowest BCUT2D eigenvalue weighted by molar-refractivity contribution is -0.384. The van der Waals surface area contributed by atoms with Crippen LogP contribution in [0.3, 0.4) is 0 Å². The van der Waals surface area contributed by atoms with E-state index < -0.39 is 46.9 Å². The molecule has 0 bridgehead atoms. The van der Waals surface area contributed by atoms with Gasteiger partial charge in [-0.05, 0) is 18.9 Å². The van der Waals surface area contributed by atoms with Crippen LogP contribution in [0, 0.1) is 10.1 Å². The third-order valence-corrected chi connectivity index (χ3v) is 2.88. The molecular weight excluding hydrogens is 295 g/mol. The molecule has 10 heteroatoms. The molecule has 1 aliphatic rings. The highest BCUT2D eigenvalue weighted by Crippen LogP contribution is 2.37. The van der Waals surface area contributed by atoms with Gasteiger partial charge in [-0.2, -0.15) is 13.2 Å². The maximum Gasteiger partial charge on any atom is 0.405 e. The first-order valence-corrected chi connectivity index (χ1v) is 5.91. The Morgan fingerprint density at radius 1 is 1.48 bits per heavy atom. The van der Waals surface area contributed by atoms with Gasteiger partial charge in [-0.3, -0.25) is 10.1 Å². The normalized spacial score (nSPS) is 14.8. The van der Waals surface area contributed by atoms with E-state index in [0.717, 1.165) is 17.0 Å². The van der Waals surface area contributed by atoms with Gasteiger partial charge in [0.05, 0.1) is 4.92 Å². The number of rotatable bonds is 5. The van der Waals surface area contributed by atoms with Gasteiger partial charge in [-0.25, -0.2) is 9.78 Å². The summed E-state index contributed by atoms with van der Waals surface area (Å²) in [4.78, 5) is 25.2. The average Bonchev–Trinajstić information content (AvgIpc) is 3.18. The topological polar surface area (TPSA) is 96.6 Å². The van der Waals surface area contributed by atoms with Gasteiger partial charge in [-0.15, -0.1) is 0 Å². The molecule has 0 spiro atoms. The van der Waals surface area contributed by atoms with Crippen LogP contribution in [-0.4, -0.2) is 39.7 Å². The van der Waals surface area contributed by atoms with E-state index in [-0.39, 0.29) is 0 Å². The Kier molecular flexibility index (Phi) is 3.71. The number of carboxylic acids is 1. The molecule has 1 aromatic rings. The quantitative estimate of drug-likeness (QED) is 0.662. The number of anilines is 1. The number of pyridine rings is 1. The average molecular weight is 305 g/mol. The molecule has 1 aromatic heterocycles. The molecule has 0 aromatic carbocycles. The van der Waals surface area contributed by atoms with Crippen LogP contribution in [0.5, 0.6) is 0 Å². The second-order valence-electron chi connectivity index (χ2n) is 4.58. The van der Waals surface area contributed by atoms with Crippen LogP contribution < -0.4 is 4.90 Å². The molecule has 0 saturated heterocycles. The second kappa shape index (κ2) is 5.19. The van der Waals surface area contributed by atoms with E-state index in [9.17, 15) is 28.1 Å². The number of alkyl halides is 3. The number of nitro groups is 1. The van der Waals surface area contributed by atoms with Gasteiger partial charge in [0.2, 0.25) is 5.82 Å². The summed E-state index contributed by atoms with van der Waals surface area (Å²) in [7, 11) is 0. The fourth-order valence-electron chi connectivity index (χ4n) is 1.87. The monoisotopic (exact) mass is 305 g/mol. The first-order valence-electron chi connectivity index (χ1n) is 5.91. The first kappa shape index (κ1) is 15.0. The predicted molar refractivity (Wildman–Crippen MR) is 64.3 cm³/mol. The minimum absolute atomic E-state index is 0.451. The summed E-state index contributed by atoms with van der Waals surface area (Å²) in [5.41, 5.74) is -1.18. The van der Waals surface area contributed by atoms with Gasteiger partial charge in [-0.1, -0.05) is 0 Å². The lowest BCUT2D eigenvalue weighted by Crippen LogP contribution is -2.37. The number of nitrogens with zero attached hydrogens (tertiary/aromatic N) is 3. The minimum atomic E-state index is -4.57. The Balaban J connectivity index is 2.48. The maximum atomic E-state index is 12.6. The van der Waals surface area contributed by atoms with Gasteiger partial charge >= 0.3 is 17.8 Å². The molecule has 21 heavy (non-hydrogen) atoms. The number of carboxylic acid groups (broad SMARTS) is 1. The van der Waals surface area contributed by atoms with E-state index in [0.29, 0.717) is 12.8 Å². The molecule has 0 unspecified atom stereocenters. The fraction of sp³-hybridized carbons (Fsp3) is 0.455. The van der Waals surface area contributed by atoms with Crippen molar-refractivity contribution in [2.45, 2.75) is 25.1 Å². The second-order valence-corrected chi connectivity index (χ2v) is 4.58. The third-order valence-electron chi connectivity index (χ3n) is 2.88. The summed E-state index contributed by atoms with van der Waals surface area (Å²) in [6, 6.07) is 1.24. The number of aromatic carboxylic acids is 1. The van der Waals surface area contributed by atoms with Gasteiger partial charge in [0.25, 0.3) is 0 Å². The number of halogens is 3. The summed E-state index contributed by atoms with van der Waals surface area (Å²) in [6.45, 7) is -1.41. The van der Waals surface area contributed by atoms with Gasteiger partial charge in [0, 0.05) is 12.1 Å². The number of aromatic nitrogens is 1. The van der Waals surface area contributed by atoms with Crippen molar-refractivity contribution < 1.29 is 28.0 Å². The largest absolute Gasteiger partial charge is 0.477 e. The van der Waals surface area contributed by atoms with Crippen LogP contribution in [0.2, 0.25) is 0 Å². The van der Waals surface area contributed by atoms with E-state index in [2.05, 4.69) is 4.98 Å². The standard InChI is InChI=1S/C11H10F3N3O4/c12-11(13,14)5-16(6-1-2-6)9-8(17(20)21)4-3-7(15-9)10(18)19/h3-4,6H,1-2,5H2,(H,18,19). The summed E-state index contributed by atoms with van der Waals surface area (Å²) >= 11 is 0. The molecule has 1 saturated carbocycles. The van der Waals surface area contributed by atoms with E-state index >= 15 is 0 Å². The van der Waals surface area contributed by atoms with Gasteiger partial charge in [0.1, 0.15) is 6.54 Å². The Morgan fingerprint density at radius 2 is 2.10 bits per heavy atom. The Bertz CT molecular complexity index is 587. The molecule has 7 nitrogen and oxygen atoms in total. The molecule has 0 atom stereocenters. The molecule has 1 aliphatic carbocycles. The molecular formula is C11H10F3N3O4. The zero-order valence-corrected chi connectivity index (χ0v) is 10.5. The van der Waals surface area contributed by atoms with E-state index in [4.69, 9.17) is 5.11 Å². The van der Waals surface area contributed by atoms with Crippen LogP contribution in [0.1, 0.15) is 23.3 Å². The zero-order chi connectivity index (χ0) is 15.8. The summed E-state index contributed by atoms with van der Waals surface area (Å²) in [5.74, 6) is -2.02. The Labute approximate surface area is 116 Å². The van der Waals surface area contributed by atoms with E-state index in [1.54, 1.807) is 0 Å². The maximum absolute atomic E-state index is 12.6. The molecule has 0 radical (unpaired) electrons. The summed E-state index contributed by atoms with van der Waals surface area (Å²) in [6.07, 6.45) is -3.67. The van der Waals surface area contributed by atoms with Crippen LogP contribution in [0.4, 0.5) is 24.7 Å². The van der Waals surface area contributed by atoms with Crippen molar-refractivity contribution in [3.63, 3.8) is 0 Å². The van der Waals surface area contributed by atoms with Gasteiger partial charge in [0.15, 0.2) is 5.69 Å². The van der Waals surface area contributed by atoms with Crippen LogP contribution in [-0.2, 0) is 0 Å². The predicted octanol–water partition coefficient (Wildman–Crippen LogP) is 2.22. The molecule has 114 valence electrons. The smallest absolute Gasteiger partial charge is 0.405 e. The number of carbonyl (C=O) groups is 1. The summed E-state index contributed by atoms with van der Waals surface area (Å²) in [5, 5.41) is 19.8. The lowest BCUT2D eigenvalue weighted by Gasteiger charge is -2.24. The Hall–Kier alpha value is -2.39. The highest BCUT2D eigenvalue weighted by molar-refractivity contribution is 5.86. The SMILES string of the molecule is O=C(O)c1ccc([N+](=O)[O-])c(N(CC(F)(F)F)C2CC2)n1.